The highest BCUT2D eigenvalue weighted by molar-refractivity contribution is 6.35. The van der Waals surface area contributed by atoms with Crippen LogP contribution in [0.25, 0.3) is 0 Å². The van der Waals surface area contributed by atoms with Crippen LogP contribution in [0.1, 0.15) is 25.7 Å². The SMILES string of the molecule is COCCNC(=O)C(=O)NN=C1CCCC1. The van der Waals surface area contributed by atoms with Gasteiger partial charge in [0.05, 0.1) is 6.61 Å². The van der Waals surface area contributed by atoms with Gasteiger partial charge in [0.15, 0.2) is 0 Å². The number of hydrogen-bond donors (Lipinski definition) is 2. The van der Waals surface area contributed by atoms with Crippen LogP contribution in [0.2, 0.25) is 0 Å². The standard InChI is InChI=1S/C10H17N3O3/c1-16-7-6-11-9(14)10(15)13-12-8-4-2-3-5-8/h2-7H2,1H3,(H,11,14)(H,13,15). The Morgan fingerprint density at radius 1 is 1.31 bits per heavy atom. The number of ether oxygens (including phenoxy) is 1. The van der Waals surface area contributed by atoms with Gasteiger partial charge in [0.2, 0.25) is 0 Å². The van der Waals surface area contributed by atoms with Gasteiger partial charge in [-0.2, -0.15) is 5.10 Å². The zero-order valence-corrected chi connectivity index (χ0v) is 9.41. The molecule has 2 N–H and O–H groups in total. The number of hydrogen-bond acceptors (Lipinski definition) is 4. The van der Waals surface area contributed by atoms with Crippen molar-refractivity contribution in [3.8, 4) is 0 Å². The third-order valence-electron chi connectivity index (χ3n) is 2.29. The number of hydrazone groups is 1. The number of carbonyl (C=O) groups excluding carboxylic acids is 2. The van der Waals surface area contributed by atoms with Gasteiger partial charge < -0.3 is 10.1 Å². The van der Waals surface area contributed by atoms with E-state index in [0.29, 0.717) is 13.2 Å². The lowest BCUT2D eigenvalue weighted by Crippen LogP contribution is -2.39. The van der Waals surface area contributed by atoms with Gasteiger partial charge in [-0.3, -0.25) is 9.59 Å². The molecule has 0 aromatic heterocycles. The first kappa shape index (κ1) is 12.6. The highest BCUT2D eigenvalue weighted by atomic mass is 16.5. The second-order valence-corrected chi connectivity index (χ2v) is 3.57. The molecule has 0 aliphatic heterocycles. The summed E-state index contributed by atoms with van der Waals surface area (Å²) < 4.78 is 4.74. The summed E-state index contributed by atoms with van der Waals surface area (Å²) in [6, 6.07) is 0. The van der Waals surface area contributed by atoms with Gasteiger partial charge in [-0.25, -0.2) is 5.43 Å². The first-order valence-electron chi connectivity index (χ1n) is 5.36. The highest BCUT2D eigenvalue weighted by Gasteiger charge is 2.13. The Morgan fingerprint density at radius 3 is 2.62 bits per heavy atom. The average Bonchev–Trinajstić information content (AvgIpc) is 2.79. The predicted octanol–water partition coefficient (Wildman–Crippen LogP) is -0.205. The van der Waals surface area contributed by atoms with Crippen LogP contribution in [0.3, 0.4) is 0 Å². The maximum Gasteiger partial charge on any atom is 0.329 e. The number of carbonyl (C=O) groups is 2. The smallest absolute Gasteiger partial charge is 0.329 e. The maximum absolute atomic E-state index is 11.2. The van der Waals surface area contributed by atoms with E-state index in [2.05, 4.69) is 15.8 Å². The minimum atomic E-state index is -0.726. The zero-order chi connectivity index (χ0) is 11.8. The van der Waals surface area contributed by atoms with E-state index in [-0.39, 0.29) is 0 Å². The van der Waals surface area contributed by atoms with Gasteiger partial charge in [0.1, 0.15) is 0 Å². The van der Waals surface area contributed by atoms with E-state index in [1.54, 1.807) is 0 Å². The fraction of sp³-hybridized carbons (Fsp3) is 0.700. The van der Waals surface area contributed by atoms with Crippen LogP contribution in [0.15, 0.2) is 5.10 Å². The summed E-state index contributed by atoms with van der Waals surface area (Å²) in [6.07, 6.45) is 4.03. The Hall–Kier alpha value is -1.43. The fourth-order valence-electron chi connectivity index (χ4n) is 1.42. The van der Waals surface area contributed by atoms with Crippen molar-refractivity contribution in [1.29, 1.82) is 0 Å². The van der Waals surface area contributed by atoms with E-state index in [0.717, 1.165) is 31.4 Å². The molecule has 0 atom stereocenters. The van der Waals surface area contributed by atoms with E-state index in [1.165, 1.54) is 7.11 Å². The Bertz CT molecular complexity index is 281. The van der Waals surface area contributed by atoms with Crippen molar-refractivity contribution in [3.05, 3.63) is 0 Å². The molecule has 0 aromatic carbocycles. The number of methoxy groups -OCH3 is 1. The molecule has 16 heavy (non-hydrogen) atoms. The molecule has 1 aliphatic rings. The molecular formula is C10H17N3O3. The highest BCUT2D eigenvalue weighted by Crippen LogP contribution is 2.13. The van der Waals surface area contributed by atoms with Crippen molar-refractivity contribution in [2.24, 2.45) is 5.10 Å². The number of rotatable bonds is 4. The summed E-state index contributed by atoms with van der Waals surface area (Å²) in [5.74, 6) is -1.41. The van der Waals surface area contributed by atoms with Crippen molar-refractivity contribution < 1.29 is 14.3 Å². The summed E-state index contributed by atoms with van der Waals surface area (Å²) in [6.45, 7) is 0.701. The fourth-order valence-corrected chi connectivity index (χ4v) is 1.42. The molecule has 1 rings (SSSR count). The number of amides is 2. The normalized spacial score (nSPS) is 14.7. The quantitative estimate of drug-likeness (QED) is 0.396. The second-order valence-electron chi connectivity index (χ2n) is 3.57. The minimum Gasteiger partial charge on any atom is -0.383 e. The van der Waals surface area contributed by atoms with Crippen molar-refractivity contribution >= 4 is 17.5 Å². The predicted molar refractivity (Wildman–Crippen MR) is 58.9 cm³/mol. The summed E-state index contributed by atoms with van der Waals surface area (Å²) in [5.41, 5.74) is 3.20. The largest absolute Gasteiger partial charge is 0.383 e. The molecular weight excluding hydrogens is 210 g/mol. The number of nitrogens with one attached hydrogen (secondary N) is 2. The lowest BCUT2D eigenvalue weighted by Gasteiger charge is -2.03. The molecule has 2 amide bonds. The van der Waals surface area contributed by atoms with E-state index in [4.69, 9.17) is 4.74 Å². The lowest BCUT2D eigenvalue weighted by molar-refractivity contribution is -0.139. The molecule has 6 nitrogen and oxygen atoms in total. The lowest BCUT2D eigenvalue weighted by atomic mass is 10.3. The molecule has 0 bridgehead atoms. The van der Waals surface area contributed by atoms with Crippen LogP contribution >= 0.6 is 0 Å². The molecule has 90 valence electrons. The Labute approximate surface area is 94.4 Å². The molecule has 0 saturated heterocycles. The van der Waals surface area contributed by atoms with Crippen molar-refractivity contribution in [2.45, 2.75) is 25.7 Å². The van der Waals surface area contributed by atoms with Gasteiger partial charge in [-0.1, -0.05) is 0 Å². The van der Waals surface area contributed by atoms with Crippen LogP contribution in [0.5, 0.6) is 0 Å². The summed E-state index contributed by atoms with van der Waals surface area (Å²) in [5, 5.41) is 6.31. The van der Waals surface area contributed by atoms with Crippen LogP contribution in [-0.2, 0) is 14.3 Å². The van der Waals surface area contributed by atoms with Gasteiger partial charge in [-0.05, 0) is 25.7 Å². The van der Waals surface area contributed by atoms with E-state index in [1.807, 2.05) is 0 Å². The third-order valence-corrected chi connectivity index (χ3v) is 2.29. The third kappa shape index (κ3) is 4.39. The maximum atomic E-state index is 11.2. The van der Waals surface area contributed by atoms with Crippen LogP contribution < -0.4 is 10.7 Å². The van der Waals surface area contributed by atoms with Crippen LogP contribution in [-0.4, -0.2) is 37.8 Å². The molecule has 0 radical (unpaired) electrons. The Morgan fingerprint density at radius 2 is 2.00 bits per heavy atom. The van der Waals surface area contributed by atoms with E-state index >= 15 is 0 Å². The monoisotopic (exact) mass is 227 g/mol. The molecule has 6 heteroatoms. The van der Waals surface area contributed by atoms with E-state index < -0.39 is 11.8 Å². The number of nitrogens with zero attached hydrogens (tertiary/aromatic N) is 1. The van der Waals surface area contributed by atoms with Gasteiger partial charge in [-0.15, -0.1) is 0 Å². The van der Waals surface area contributed by atoms with Crippen LogP contribution in [0, 0.1) is 0 Å². The molecule has 1 fully saturated rings. The average molecular weight is 227 g/mol. The molecule has 1 aliphatic carbocycles. The van der Waals surface area contributed by atoms with Gasteiger partial charge in [0.25, 0.3) is 0 Å². The zero-order valence-electron chi connectivity index (χ0n) is 9.41. The summed E-state index contributed by atoms with van der Waals surface area (Å²) >= 11 is 0. The minimum absolute atomic E-state index is 0.319. The summed E-state index contributed by atoms with van der Waals surface area (Å²) in [7, 11) is 1.53. The molecule has 1 saturated carbocycles. The second kappa shape index (κ2) is 6.95. The first-order chi connectivity index (χ1) is 7.74. The molecule has 0 unspecified atom stereocenters. The van der Waals surface area contributed by atoms with E-state index in [9.17, 15) is 9.59 Å². The molecule has 0 aromatic rings. The topological polar surface area (TPSA) is 79.8 Å². The van der Waals surface area contributed by atoms with Gasteiger partial charge >= 0.3 is 11.8 Å². The van der Waals surface area contributed by atoms with Gasteiger partial charge in [0, 0.05) is 19.4 Å². The first-order valence-corrected chi connectivity index (χ1v) is 5.36. The van der Waals surface area contributed by atoms with Crippen molar-refractivity contribution in [3.63, 3.8) is 0 Å². The van der Waals surface area contributed by atoms with Crippen LogP contribution in [0.4, 0.5) is 0 Å². The summed E-state index contributed by atoms with van der Waals surface area (Å²) in [4.78, 5) is 22.4. The van der Waals surface area contributed by atoms with Crippen molar-refractivity contribution in [1.82, 2.24) is 10.7 Å². The Balaban J connectivity index is 2.23. The Kier molecular flexibility index (Phi) is 5.49. The molecule has 0 heterocycles. The van der Waals surface area contributed by atoms with Crippen molar-refractivity contribution in [2.75, 3.05) is 20.3 Å². The molecule has 0 spiro atoms.